The summed E-state index contributed by atoms with van der Waals surface area (Å²) in [5.41, 5.74) is 4.58. The molecule has 0 amide bonds. The minimum absolute atomic E-state index is 0.109. The Morgan fingerprint density at radius 3 is 2.70 bits per heavy atom. The second kappa shape index (κ2) is 5.67. The van der Waals surface area contributed by atoms with Crippen molar-refractivity contribution in [2.75, 3.05) is 6.54 Å². The molecule has 0 bridgehead atoms. The Hall–Kier alpha value is -2.39. The highest BCUT2D eigenvalue weighted by Gasteiger charge is 2.27. The molecule has 0 unspecified atom stereocenters. The van der Waals surface area contributed by atoms with E-state index in [-0.39, 0.29) is 11.8 Å². The second-order valence-electron chi connectivity index (χ2n) is 6.28. The third-order valence-electron chi connectivity index (χ3n) is 4.94. The van der Waals surface area contributed by atoms with Crippen molar-refractivity contribution in [1.29, 1.82) is 0 Å². The fourth-order valence-corrected chi connectivity index (χ4v) is 3.51. The van der Waals surface area contributed by atoms with Gasteiger partial charge in [-0.05, 0) is 30.5 Å². The van der Waals surface area contributed by atoms with E-state index in [1.165, 1.54) is 11.1 Å². The Bertz CT molecular complexity index is 865. The van der Waals surface area contributed by atoms with E-state index in [1.807, 2.05) is 37.4 Å². The van der Waals surface area contributed by atoms with Crippen molar-refractivity contribution in [3.63, 3.8) is 0 Å². The van der Waals surface area contributed by atoms with Crippen molar-refractivity contribution in [1.82, 2.24) is 9.88 Å². The number of aromatic amines is 1. The lowest BCUT2D eigenvalue weighted by Gasteiger charge is -2.32. The maximum absolute atomic E-state index is 13.0. The number of fused-ring (bicyclic) bond motifs is 2. The molecule has 1 aromatic heterocycles. The molecule has 0 aliphatic carbocycles. The van der Waals surface area contributed by atoms with Crippen molar-refractivity contribution < 1.29 is 4.79 Å². The zero-order chi connectivity index (χ0) is 15.8. The van der Waals surface area contributed by atoms with Gasteiger partial charge >= 0.3 is 0 Å². The Kier molecular flexibility index (Phi) is 3.50. The lowest BCUT2D eigenvalue weighted by atomic mass is 9.96. The van der Waals surface area contributed by atoms with E-state index in [4.69, 9.17) is 0 Å². The van der Waals surface area contributed by atoms with Gasteiger partial charge in [0.25, 0.3) is 0 Å². The summed E-state index contributed by atoms with van der Waals surface area (Å²) < 4.78 is 0. The number of para-hydroxylation sites is 1. The van der Waals surface area contributed by atoms with E-state index >= 15 is 0 Å². The number of hydrogen-bond acceptors (Lipinski definition) is 2. The van der Waals surface area contributed by atoms with Crippen LogP contribution in [0, 0.1) is 0 Å². The number of benzene rings is 2. The largest absolute Gasteiger partial charge is 0.360 e. The molecule has 0 spiro atoms. The van der Waals surface area contributed by atoms with Crippen molar-refractivity contribution in [3.05, 3.63) is 71.4 Å². The highest BCUT2D eigenvalue weighted by Crippen LogP contribution is 2.24. The fraction of sp³-hybridized carbons (Fsp3) is 0.250. The summed E-state index contributed by atoms with van der Waals surface area (Å²) in [4.78, 5) is 18.5. The minimum atomic E-state index is -0.109. The summed E-state index contributed by atoms with van der Waals surface area (Å²) in [7, 11) is 0. The number of rotatable bonds is 3. The van der Waals surface area contributed by atoms with Gasteiger partial charge in [0.1, 0.15) is 0 Å². The summed E-state index contributed by atoms with van der Waals surface area (Å²) in [5.74, 6) is 0.196. The van der Waals surface area contributed by atoms with Crippen LogP contribution in [0.3, 0.4) is 0 Å². The SMILES string of the molecule is C[C@H](C(=O)c1c[nH]c2ccccc12)N1CCc2ccccc2C1. The average molecular weight is 304 g/mol. The molecule has 1 aliphatic rings. The van der Waals surface area contributed by atoms with Gasteiger partial charge in [-0.2, -0.15) is 0 Å². The Morgan fingerprint density at radius 2 is 1.83 bits per heavy atom. The first kappa shape index (κ1) is 14.2. The first-order chi connectivity index (χ1) is 11.2. The number of ketones is 1. The van der Waals surface area contributed by atoms with Crippen molar-refractivity contribution in [2.45, 2.75) is 25.9 Å². The zero-order valence-electron chi connectivity index (χ0n) is 13.3. The number of nitrogens with one attached hydrogen (secondary N) is 1. The van der Waals surface area contributed by atoms with Gasteiger partial charge in [-0.25, -0.2) is 0 Å². The molecule has 3 heteroatoms. The van der Waals surface area contributed by atoms with Crippen molar-refractivity contribution >= 4 is 16.7 Å². The summed E-state index contributed by atoms with van der Waals surface area (Å²) in [6.45, 7) is 3.82. The Morgan fingerprint density at radius 1 is 1.09 bits per heavy atom. The molecule has 3 nitrogen and oxygen atoms in total. The molecule has 1 atom stereocenters. The molecular weight excluding hydrogens is 284 g/mol. The molecule has 0 fully saturated rings. The van der Waals surface area contributed by atoms with Gasteiger partial charge in [0, 0.05) is 35.8 Å². The van der Waals surface area contributed by atoms with Crippen LogP contribution in [-0.2, 0) is 13.0 Å². The number of hydrogen-bond donors (Lipinski definition) is 1. The van der Waals surface area contributed by atoms with Gasteiger partial charge in [-0.1, -0.05) is 42.5 Å². The number of carbonyl (C=O) groups excluding carboxylic acids is 1. The molecule has 3 aromatic rings. The monoisotopic (exact) mass is 304 g/mol. The summed E-state index contributed by atoms with van der Waals surface area (Å²) in [6, 6.07) is 16.4. The van der Waals surface area contributed by atoms with E-state index in [0.29, 0.717) is 0 Å². The number of nitrogens with zero attached hydrogens (tertiary/aromatic N) is 1. The highest BCUT2D eigenvalue weighted by atomic mass is 16.1. The molecule has 116 valence electrons. The van der Waals surface area contributed by atoms with Crippen LogP contribution in [-0.4, -0.2) is 28.3 Å². The van der Waals surface area contributed by atoms with Gasteiger partial charge < -0.3 is 4.98 Å². The van der Waals surface area contributed by atoms with Crippen molar-refractivity contribution in [3.8, 4) is 0 Å². The van der Waals surface area contributed by atoms with E-state index in [9.17, 15) is 4.79 Å². The van der Waals surface area contributed by atoms with Gasteiger partial charge in [-0.15, -0.1) is 0 Å². The molecular formula is C20H20N2O. The Labute approximate surface area is 135 Å². The van der Waals surface area contributed by atoms with E-state index in [1.54, 1.807) is 0 Å². The van der Waals surface area contributed by atoms with Gasteiger partial charge in [0.15, 0.2) is 5.78 Å². The first-order valence-corrected chi connectivity index (χ1v) is 8.15. The van der Waals surface area contributed by atoms with Gasteiger partial charge in [-0.3, -0.25) is 9.69 Å². The molecule has 23 heavy (non-hydrogen) atoms. The predicted octanol–water partition coefficient (Wildman–Crippen LogP) is 3.80. The number of Topliss-reactive ketones (excluding diaryl/α,β-unsaturated/α-hetero) is 1. The topological polar surface area (TPSA) is 36.1 Å². The van der Waals surface area contributed by atoms with Crippen LogP contribution < -0.4 is 0 Å². The van der Waals surface area contributed by atoms with Crippen LogP contribution in [0.1, 0.15) is 28.4 Å². The van der Waals surface area contributed by atoms with Crippen LogP contribution in [0.2, 0.25) is 0 Å². The van der Waals surface area contributed by atoms with Gasteiger partial charge in [0.05, 0.1) is 6.04 Å². The third kappa shape index (κ3) is 2.47. The van der Waals surface area contributed by atoms with Gasteiger partial charge in [0.2, 0.25) is 0 Å². The molecule has 2 aromatic carbocycles. The smallest absolute Gasteiger partial charge is 0.181 e. The number of H-pyrrole nitrogens is 1. The summed E-state index contributed by atoms with van der Waals surface area (Å²) >= 11 is 0. The van der Waals surface area contributed by atoms with Crippen LogP contribution in [0.4, 0.5) is 0 Å². The first-order valence-electron chi connectivity index (χ1n) is 8.15. The lowest BCUT2D eigenvalue weighted by molar-refractivity contribution is 0.0821. The third-order valence-corrected chi connectivity index (χ3v) is 4.94. The maximum atomic E-state index is 13.0. The van der Waals surface area contributed by atoms with E-state index < -0.39 is 0 Å². The molecule has 4 rings (SSSR count). The second-order valence-corrected chi connectivity index (χ2v) is 6.28. The van der Waals surface area contributed by atoms with Crippen molar-refractivity contribution in [2.24, 2.45) is 0 Å². The molecule has 0 saturated carbocycles. The molecule has 1 aliphatic heterocycles. The lowest BCUT2D eigenvalue weighted by Crippen LogP contribution is -2.42. The van der Waals surface area contributed by atoms with E-state index in [0.717, 1.165) is 36.0 Å². The Balaban J connectivity index is 1.60. The van der Waals surface area contributed by atoms with Crippen LogP contribution in [0.25, 0.3) is 10.9 Å². The van der Waals surface area contributed by atoms with Crippen LogP contribution >= 0.6 is 0 Å². The predicted molar refractivity (Wildman–Crippen MR) is 92.6 cm³/mol. The summed E-state index contributed by atoms with van der Waals surface area (Å²) in [6.07, 6.45) is 2.86. The number of aromatic nitrogens is 1. The van der Waals surface area contributed by atoms with E-state index in [2.05, 4.69) is 34.1 Å². The quantitative estimate of drug-likeness (QED) is 0.747. The zero-order valence-corrected chi connectivity index (χ0v) is 13.3. The highest BCUT2D eigenvalue weighted by molar-refractivity contribution is 6.10. The molecule has 2 heterocycles. The summed E-state index contributed by atoms with van der Waals surface area (Å²) in [5, 5.41) is 1.02. The minimum Gasteiger partial charge on any atom is -0.360 e. The normalized spacial score (nSPS) is 16.2. The molecule has 0 saturated heterocycles. The molecule has 1 N–H and O–H groups in total. The number of carbonyl (C=O) groups is 1. The van der Waals surface area contributed by atoms with Crippen LogP contribution in [0.15, 0.2) is 54.7 Å². The standard InChI is InChI=1S/C20H20N2O/c1-14(22-11-10-15-6-2-3-7-16(15)13-22)20(23)18-12-21-19-9-5-4-8-17(18)19/h2-9,12,14,21H,10-11,13H2,1H3/t14-/m1/s1. The average Bonchev–Trinajstić information content (AvgIpc) is 3.04. The molecule has 0 radical (unpaired) electrons. The fourth-order valence-electron chi connectivity index (χ4n) is 3.51. The maximum Gasteiger partial charge on any atom is 0.181 e. The van der Waals surface area contributed by atoms with Crippen LogP contribution in [0.5, 0.6) is 0 Å².